The number of aryl methyl sites for hydroxylation is 1. The first-order valence-electron chi connectivity index (χ1n) is 6.91. The Labute approximate surface area is 126 Å². The first-order chi connectivity index (χ1) is 10.8. The fourth-order valence-electron chi connectivity index (χ4n) is 2.54. The third kappa shape index (κ3) is 2.14. The normalized spacial score (nSPS) is 19.7. The summed E-state index contributed by atoms with van der Waals surface area (Å²) in [6, 6.07) is 1.91. The summed E-state index contributed by atoms with van der Waals surface area (Å²) in [6.07, 6.45) is 10.9. The zero-order valence-corrected chi connectivity index (χ0v) is 12.0. The number of rotatable bonds is 2. The molecule has 0 aliphatic carbocycles. The number of anilines is 1. The number of nitrogens with one attached hydrogen (secondary N) is 1. The molecule has 2 aliphatic heterocycles. The summed E-state index contributed by atoms with van der Waals surface area (Å²) >= 11 is 0. The Bertz CT molecular complexity index is 773. The van der Waals surface area contributed by atoms with Gasteiger partial charge in [-0.1, -0.05) is 0 Å². The third-order valence-electron chi connectivity index (χ3n) is 3.54. The Balaban J connectivity index is 1.58. The quantitative estimate of drug-likeness (QED) is 0.892. The second-order valence-corrected chi connectivity index (χ2v) is 5.01. The lowest BCUT2D eigenvalue weighted by Crippen LogP contribution is -2.37. The molecule has 0 aromatic carbocycles. The highest BCUT2D eigenvalue weighted by Gasteiger charge is 2.32. The van der Waals surface area contributed by atoms with Crippen LogP contribution in [0.15, 0.2) is 53.2 Å². The maximum atomic E-state index is 4.61. The largest absolute Gasteiger partial charge is 0.319 e. The van der Waals surface area contributed by atoms with Crippen LogP contribution in [0, 0.1) is 0 Å². The van der Waals surface area contributed by atoms with Crippen LogP contribution in [-0.4, -0.2) is 42.9 Å². The minimum atomic E-state index is 0.143. The molecule has 2 aromatic rings. The van der Waals surface area contributed by atoms with Crippen LogP contribution in [0.5, 0.6) is 0 Å². The molecular formula is C14H14N8. The Hall–Kier alpha value is -3.03. The highest BCUT2D eigenvalue weighted by molar-refractivity contribution is 6.45. The molecule has 0 saturated heterocycles. The highest BCUT2D eigenvalue weighted by Crippen LogP contribution is 2.28. The molecule has 8 nitrogen and oxygen atoms in total. The molecule has 22 heavy (non-hydrogen) atoms. The number of hydrogen-bond acceptors (Lipinski definition) is 7. The Kier molecular flexibility index (Phi) is 2.92. The van der Waals surface area contributed by atoms with Crippen molar-refractivity contribution in [2.45, 2.75) is 6.04 Å². The standard InChI is InChI=1S/C14H14N8/c1-21-9-10(7-19-21)11-8-18-13-12(15-5-6-22(11)13)20-14-16-3-2-4-17-14/h2-7,9,11H,8H2,1H3,(H,15,16,17,20). The van der Waals surface area contributed by atoms with Crippen molar-refractivity contribution >= 4 is 17.6 Å². The molecule has 0 spiro atoms. The van der Waals surface area contributed by atoms with Crippen molar-refractivity contribution in [2.75, 3.05) is 11.9 Å². The van der Waals surface area contributed by atoms with E-state index in [0.717, 1.165) is 11.4 Å². The smallest absolute Gasteiger partial charge is 0.228 e. The molecule has 2 aliphatic rings. The molecule has 8 heteroatoms. The van der Waals surface area contributed by atoms with Crippen LogP contribution < -0.4 is 5.32 Å². The van der Waals surface area contributed by atoms with E-state index < -0.39 is 0 Å². The van der Waals surface area contributed by atoms with E-state index >= 15 is 0 Å². The van der Waals surface area contributed by atoms with E-state index in [1.54, 1.807) is 29.3 Å². The second kappa shape index (κ2) is 5.06. The molecule has 1 unspecified atom stereocenters. The third-order valence-corrected chi connectivity index (χ3v) is 3.54. The van der Waals surface area contributed by atoms with Crippen molar-refractivity contribution in [2.24, 2.45) is 17.0 Å². The molecule has 0 amide bonds. The van der Waals surface area contributed by atoms with Gasteiger partial charge in [-0.05, 0) is 6.07 Å². The SMILES string of the molecule is Cn1cc(C2CN=C3C(Nc4ncccn4)=NC=CN32)cn1. The summed E-state index contributed by atoms with van der Waals surface area (Å²) in [4.78, 5) is 19.4. The van der Waals surface area contributed by atoms with E-state index in [9.17, 15) is 0 Å². The summed E-state index contributed by atoms with van der Waals surface area (Å²) < 4.78 is 1.80. The zero-order chi connectivity index (χ0) is 14.9. The summed E-state index contributed by atoms with van der Waals surface area (Å²) in [5, 5.41) is 7.35. The number of amidine groups is 2. The first kappa shape index (κ1) is 12.7. The van der Waals surface area contributed by atoms with Gasteiger partial charge in [-0.15, -0.1) is 0 Å². The van der Waals surface area contributed by atoms with Gasteiger partial charge in [-0.3, -0.25) is 9.67 Å². The minimum Gasteiger partial charge on any atom is -0.319 e. The second-order valence-electron chi connectivity index (χ2n) is 5.01. The van der Waals surface area contributed by atoms with Gasteiger partial charge >= 0.3 is 0 Å². The van der Waals surface area contributed by atoms with Crippen molar-refractivity contribution in [3.63, 3.8) is 0 Å². The molecule has 110 valence electrons. The van der Waals surface area contributed by atoms with Gasteiger partial charge < -0.3 is 10.2 Å². The van der Waals surface area contributed by atoms with E-state index in [4.69, 9.17) is 0 Å². The lowest BCUT2D eigenvalue weighted by atomic mass is 10.1. The topological polar surface area (TPSA) is 83.6 Å². The van der Waals surface area contributed by atoms with Crippen molar-refractivity contribution < 1.29 is 0 Å². The molecule has 4 heterocycles. The summed E-state index contributed by atoms with van der Waals surface area (Å²) in [5.41, 5.74) is 1.13. The fraction of sp³-hybridized carbons (Fsp3) is 0.214. The van der Waals surface area contributed by atoms with Crippen molar-refractivity contribution in [1.29, 1.82) is 0 Å². The maximum Gasteiger partial charge on any atom is 0.228 e. The van der Waals surface area contributed by atoms with Crippen LogP contribution in [0.4, 0.5) is 5.95 Å². The average molecular weight is 294 g/mol. The monoisotopic (exact) mass is 294 g/mol. The molecular weight excluding hydrogens is 280 g/mol. The zero-order valence-electron chi connectivity index (χ0n) is 12.0. The van der Waals surface area contributed by atoms with E-state index in [0.29, 0.717) is 18.3 Å². The van der Waals surface area contributed by atoms with Crippen LogP contribution in [0.3, 0.4) is 0 Å². The molecule has 2 aromatic heterocycles. The Morgan fingerprint density at radius 3 is 2.91 bits per heavy atom. The predicted molar refractivity (Wildman–Crippen MR) is 82.3 cm³/mol. The van der Waals surface area contributed by atoms with Gasteiger partial charge in [0, 0.05) is 43.6 Å². The number of aromatic nitrogens is 4. The van der Waals surface area contributed by atoms with Crippen molar-refractivity contribution in [3.05, 3.63) is 48.8 Å². The summed E-state index contributed by atoms with van der Waals surface area (Å²) in [7, 11) is 1.91. The molecule has 1 atom stereocenters. The van der Waals surface area contributed by atoms with Gasteiger partial charge in [0.1, 0.15) is 0 Å². The van der Waals surface area contributed by atoms with Gasteiger partial charge in [-0.25, -0.2) is 15.0 Å². The summed E-state index contributed by atoms with van der Waals surface area (Å²) in [6.45, 7) is 0.668. The minimum absolute atomic E-state index is 0.143. The Morgan fingerprint density at radius 2 is 2.14 bits per heavy atom. The van der Waals surface area contributed by atoms with Gasteiger partial charge in [0.25, 0.3) is 0 Å². The number of aliphatic imine (C=N–C) groups is 2. The predicted octanol–water partition coefficient (Wildman–Crippen LogP) is 0.961. The van der Waals surface area contributed by atoms with Crippen LogP contribution in [-0.2, 0) is 7.05 Å². The average Bonchev–Trinajstić information content (AvgIpc) is 3.15. The van der Waals surface area contributed by atoms with E-state index in [-0.39, 0.29) is 6.04 Å². The molecule has 0 bridgehead atoms. The van der Waals surface area contributed by atoms with Crippen LogP contribution in [0.1, 0.15) is 11.6 Å². The molecule has 0 radical (unpaired) electrons. The number of hydrogen-bond donors (Lipinski definition) is 1. The van der Waals surface area contributed by atoms with Gasteiger partial charge in [-0.2, -0.15) is 5.10 Å². The van der Waals surface area contributed by atoms with Crippen molar-refractivity contribution in [3.8, 4) is 0 Å². The van der Waals surface area contributed by atoms with Crippen LogP contribution in [0.25, 0.3) is 0 Å². The van der Waals surface area contributed by atoms with Crippen molar-refractivity contribution in [1.82, 2.24) is 24.6 Å². The lowest BCUT2D eigenvalue weighted by Gasteiger charge is -2.25. The molecule has 4 rings (SSSR count). The van der Waals surface area contributed by atoms with E-state index in [1.165, 1.54) is 0 Å². The van der Waals surface area contributed by atoms with Crippen LogP contribution >= 0.6 is 0 Å². The van der Waals surface area contributed by atoms with Gasteiger partial charge in [0.15, 0.2) is 11.7 Å². The fourth-order valence-corrected chi connectivity index (χ4v) is 2.54. The van der Waals surface area contributed by atoms with E-state index in [2.05, 4.69) is 35.3 Å². The first-order valence-corrected chi connectivity index (χ1v) is 6.91. The Morgan fingerprint density at radius 1 is 1.27 bits per heavy atom. The number of nitrogens with zero attached hydrogens (tertiary/aromatic N) is 7. The van der Waals surface area contributed by atoms with Gasteiger partial charge in [0.2, 0.25) is 5.95 Å². The van der Waals surface area contributed by atoms with Crippen LogP contribution in [0.2, 0.25) is 0 Å². The van der Waals surface area contributed by atoms with Gasteiger partial charge in [0.05, 0.1) is 18.8 Å². The highest BCUT2D eigenvalue weighted by atomic mass is 15.3. The molecule has 0 saturated carbocycles. The van der Waals surface area contributed by atoms with E-state index in [1.807, 2.05) is 25.6 Å². The molecule has 1 N–H and O–H groups in total. The maximum absolute atomic E-state index is 4.61. The molecule has 0 fully saturated rings. The summed E-state index contributed by atoms with van der Waals surface area (Å²) in [5.74, 6) is 1.95. The number of fused-ring (bicyclic) bond motifs is 1. The lowest BCUT2D eigenvalue weighted by molar-refractivity contribution is 0.458.